The minimum absolute atomic E-state index is 0.0183. The number of hydrogen-bond acceptors (Lipinski definition) is 3. The van der Waals surface area contributed by atoms with Gasteiger partial charge in [-0.05, 0) is 25.3 Å². The molecule has 6 nitrogen and oxygen atoms in total. The lowest BCUT2D eigenvalue weighted by Crippen LogP contribution is -2.54. The Balaban J connectivity index is 1.52. The summed E-state index contributed by atoms with van der Waals surface area (Å²) in [7, 11) is 1.90. The SMILES string of the molecule is CN1C(=O)CC[C@]2(CNC(=O)c3n[nH]c4ccccc34)CCC[C@@H]12. The third kappa shape index (κ3) is 2.28. The highest BCUT2D eigenvalue weighted by Gasteiger charge is 2.49. The second-order valence-electron chi connectivity index (χ2n) is 7.08. The van der Waals surface area contributed by atoms with E-state index in [1.54, 1.807) is 0 Å². The molecule has 2 fully saturated rings. The number of benzene rings is 1. The van der Waals surface area contributed by atoms with E-state index in [-0.39, 0.29) is 23.3 Å². The standard InChI is InChI=1S/C18H22N4O2/c1-22-14-7-4-9-18(14,10-8-15(22)23)11-19-17(24)16-12-5-2-3-6-13(12)20-21-16/h2-3,5-6,14H,4,7-11H2,1H3,(H,19,24)(H,20,21)/t14-,18+/m1/s1. The molecule has 2 heterocycles. The number of likely N-dealkylation sites (tertiary alicyclic amines) is 1. The maximum atomic E-state index is 12.6. The summed E-state index contributed by atoms with van der Waals surface area (Å²) in [5, 5.41) is 11.0. The molecular weight excluding hydrogens is 304 g/mol. The van der Waals surface area contributed by atoms with E-state index in [9.17, 15) is 9.59 Å². The topological polar surface area (TPSA) is 78.1 Å². The van der Waals surface area contributed by atoms with Gasteiger partial charge in [-0.3, -0.25) is 14.7 Å². The summed E-state index contributed by atoms with van der Waals surface area (Å²) in [6, 6.07) is 7.88. The van der Waals surface area contributed by atoms with Crippen LogP contribution in [0.2, 0.25) is 0 Å². The minimum Gasteiger partial charge on any atom is -0.350 e. The maximum Gasteiger partial charge on any atom is 0.272 e. The zero-order chi connectivity index (χ0) is 16.7. The lowest BCUT2D eigenvalue weighted by molar-refractivity contribution is -0.139. The van der Waals surface area contributed by atoms with Crippen LogP contribution in [-0.4, -0.2) is 46.5 Å². The van der Waals surface area contributed by atoms with Crippen molar-refractivity contribution in [3.05, 3.63) is 30.0 Å². The molecule has 2 aliphatic rings. The quantitative estimate of drug-likeness (QED) is 0.906. The number of aromatic nitrogens is 2. The first-order chi connectivity index (χ1) is 11.6. The van der Waals surface area contributed by atoms with Crippen molar-refractivity contribution < 1.29 is 9.59 Å². The van der Waals surface area contributed by atoms with Gasteiger partial charge >= 0.3 is 0 Å². The number of amides is 2. The number of carbonyl (C=O) groups excluding carboxylic acids is 2. The number of carbonyl (C=O) groups is 2. The number of nitrogens with one attached hydrogen (secondary N) is 2. The Kier molecular flexibility index (Phi) is 3.55. The highest BCUT2D eigenvalue weighted by Crippen LogP contribution is 2.47. The molecule has 1 aromatic heterocycles. The highest BCUT2D eigenvalue weighted by molar-refractivity contribution is 6.04. The molecule has 1 saturated carbocycles. The van der Waals surface area contributed by atoms with Gasteiger partial charge in [0.25, 0.3) is 5.91 Å². The first-order valence-corrected chi connectivity index (χ1v) is 8.58. The van der Waals surface area contributed by atoms with Crippen molar-refractivity contribution in [3.8, 4) is 0 Å². The van der Waals surface area contributed by atoms with Crippen molar-refractivity contribution in [2.24, 2.45) is 5.41 Å². The van der Waals surface area contributed by atoms with E-state index >= 15 is 0 Å². The molecule has 24 heavy (non-hydrogen) atoms. The molecule has 0 unspecified atom stereocenters. The Morgan fingerprint density at radius 2 is 2.25 bits per heavy atom. The third-order valence-electron chi connectivity index (χ3n) is 5.84. The summed E-state index contributed by atoms with van der Waals surface area (Å²) >= 11 is 0. The largest absolute Gasteiger partial charge is 0.350 e. The van der Waals surface area contributed by atoms with Gasteiger partial charge in [-0.25, -0.2) is 0 Å². The Labute approximate surface area is 140 Å². The van der Waals surface area contributed by atoms with Crippen LogP contribution in [0.25, 0.3) is 10.9 Å². The van der Waals surface area contributed by atoms with E-state index in [2.05, 4.69) is 15.5 Å². The van der Waals surface area contributed by atoms with E-state index < -0.39 is 0 Å². The summed E-state index contributed by atoms with van der Waals surface area (Å²) in [4.78, 5) is 26.5. The molecule has 0 spiro atoms. The number of piperidine rings is 1. The summed E-state index contributed by atoms with van der Waals surface area (Å²) in [5.74, 6) is 0.0779. The lowest BCUT2D eigenvalue weighted by atomic mass is 9.74. The third-order valence-corrected chi connectivity index (χ3v) is 5.84. The van der Waals surface area contributed by atoms with E-state index in [4.69, 9.17) is 0 Å². The normalized spacial score (nSPS) is 26.6. The predicted octanol–water partition coefficient (Wildman–Crippen LogP) is 2.08. The van der Waals surface area contributed by atoms with Gasteiger partial charge in [0.15, 0.2) is 5.69 Å². The second-order valence-corrected chi connectivity index (χ2v) is 7.08. The molecule has 126 valence electrons. The van der Waals surface area contributed by atoms with Crippen molar-refractivity contribution in [2.45, 2.75) is 38.1 Å². The zero-order valence-corrected chi connectivity index (χ0v) is 13.8. The Bertz CT molecular complexity index is 799. The van der Waals surface area contributed by atoms with Crippen LogP contribution in [0.15, 0.2) is 24.3 Å². The lowest BCUT2D eigenvalue weighted by Gasteiger charge is -2.44. The fraction of sp³-hybridized carbons (Fsp3) is 0.500. The first kappa shape index (κ1) is 15.2. The monoisotopic (exact) mass is 326 g/mol. The maximum absolute atomic E-state index is 12.6. The molecule has 6 heteroatoms. The van der Waals surface area contributed by atoms with E-state index in [0.717, 1.165) is 36.6 Å². The molecule has 1 saturated heterocycles. The molecule has 2 N–H and O–H groups in total. The van der Waals surface area contributed by atoms with E-state index in [1.807, 2.05) is 36.2 Å². The fourth-order valence-corrected chi connectivity index (χ4v) is 4.49. The fourth-order valence-electron chi connectivity index (χ4n) is 4.49. The molecule has 0 bridgehead atoms. The average molecular weight is 326 g/mol. The molecular formula is C18H22N4O2. The highest BCUT2D eigenvalue weighted by atomic mass is 16.2. The molecule has 2 amide bonds. The van der Waals surface area contributed by atoms with Gasteiger partial charge in [-0.2, -0.15) is 5.10 Å². The molecule has 2 aromatic rings. The Hall–Kier alpha value is -2.37. The zero-order valence-electron chi connectivity index (χ0n) is 13.8. The van der Waals surface area contributed by atoms with Crippen LogP contribution >= 0.6 is 0 Å². The van der Waals surface area contributed by atoms with E-state index in [0.29, 0.717) is 18.7 Å². The number of hydrogen-bond donors (Lipinski definition) is 2. The van der Waals surface area contributed by atoms with Crippen LogP contribution in [0, 0.1) is 5.41 Å². The molecule has 1 aliphatic heterocycles. The molecule has 4 rings (SSSR count). The summed E-state index contributed by atoms with van der Waals surface area (Å²) in [6.07, 6.45) is 4.65. The summed E-state index contributed by atoms with van der Waals surface area (Å²) in [6.45, 7) is 0.606. The van der Waals surface area contributed by atoms with Crippen molar-refractivity contribution in [1.29, 1.82) is 0 Å². The van der Waals surface area contributed by atoms with Gasteiger partial charge in [0.05, 0.1) is 5.52 Å². The van der Waals surface area contributed by atoms with Gasteiger partial charge in [-0.1, -0.05) is 24.6 Å². The first-order valence-electron chi connectivity index (χ1n) is 8.58. The van der Waals surface area contributed by atoms with Gasteiger partial charge in [0.2, 0.25) is 5.91 Å². The van der Waals surface area contributed by atoms with Crippen LogP contribution in [0.4, 0.5) is 0 Å². The number of para-hydroxylation sites is 1. The smallest absolute Gasteiger partial charge is 0.272 e. The van der Waals surface area contributed by atoms with Crippen LogP contribution < -0.4 is 5.32 Å². The molecule has 1 aromatic carbocycles. The van der Waals surface area contributed by atoms with Crippen molar-refractivity contribution in [1.82, 2.24) is 20.4 Å². The number of fused-ring (bicyclic) bond motifs is 2. The Morgan fingerprint density at radius 3 is 3.12 bits per heavy atom. The van der Waals surface area contributed by atoms with Crippen LogP contribution in [0.3, 0.4) is 0 Å². The number of aromatic amines is 1. The predicted molar refractivity (Wildman–Crippen MR) is 90.5 cm³/mol. The summed E-state index contributed by atoms with van der Waals surface area (Å²) < 4.78 is 0. The minimum atomic E-state index is -0.146. The van der Waals surface area contributed by atoms with Crippen molar-refractivity contribution >= 4 is 22.7 Å². The van der Waals surface area contributed by atoms with Gasteiger partial charge in [0, 0.05) is 36.9 Å². The van der Waals surface area contributed by atoms with Gasteiger partial charge in [0.1, 0.15) is 0 Å². The molecule has 0 radical (unpaired) electrons. The van der Waals surface area contributed by atoms with E-state index in [1.165, 1.54) is 0 Å². The Morgan fingerprint density at radius 1 is 1.42 bits per heavy atom. The van der Waals surface area contributed by atoms with Gasteiger partial charge in [-0.15, -0.1) is 0 Å². The molecule has 1 aliphatic carbocycles. The number of nitrogens with zero attached hydrogens (tertiary/aromatic N) is 2. The van der Waals surface area contributed by atoms with Gasteiger partial charge < -0.3 is 10.2 Å². The van der Waals surface area contributed by atoms with Crippen LogP contribution in [0.1, 0.15) is 42.6 Å². The van der Waals surface area contributed by atoms with Crippen molar-refractivity contribution in [2.75, 3.05) is 13.6 Å². The second kappa shape index (κ2) is 5.61. The number of rotatable bonds is 3. The molecule has 2 atom stereocenters. The van der Waals surface area contributed by atoms with Crippen LogP contribution in [-0.2, 0) is 4.79 Å². The van der Waals surface area contributed by atoms with Crippen LogP contribution in [0.5, 0.6) is 0 Å². The number of H-pyrrole nitrogens is 1. The van der Waals surface area contributed by atoms with Crippen molar-refractivity contribution in [3.63, 3.8) is 0 Å². The average Bonchev–Trinajstić information content (AvgIpc) is 3.21. The summed E-state index contributed by atoms with van der Waals surface area (Å²) in [5.41, 5.74) is 1.32.